The van der Waals surface area contributed by atoms with Gasteiger partial charge in [-0.1, -0.05) is 13.8 Å². The fourth-order valence-electron chi connectivity index (χ4n) is 2.41. The molecule has 0 radical (unpaired) electrons. The van der Waals surface area contributed by atoms with Crippen LogP contribution in [-0.2, 0) is 0 Å². The molecule has 1 aliphatic carbocycles. The second kappa shape index (κ2) is 4.77. The number of nitrogens with two attached hydrogens (primary N) is 1. The lowest BCUT2D eigenvalue weighted by Crippen LogP contribution is -2.40. The van der Waals surface area contributed by atoms with Crippen LogP contribution in [-0.4, -0.2) is 22.1 Å². The van der Waals surface area contributed by atoms with Gasteiger partial charge in [0.1, 0.15) is 5.69 Å². The van der Waals surface area contributed by atoms with Crippen molar-refractivity contribution in [2.45, 2.75) is 39.2 Å². The van der Waals surface area contributed by atoms with Crippen LogP contribution in [0.25, 0.3) is 0 Å². The summed E-state index contributed by atoms with van der Waals surface area (Å²) in [5.74, 6) is 1.26. The average molecular weight is 236 g/mol. The molecule has 0 aliphatic heterocycles. The third-order valence-corrected chi connectivity index (χ3v) is 3.83. The monoisotopic (exact) mass is 236 g/mol. The molecule has 1 amide bonds. The molecule has 5 heteroatoms. The molecule has 1 aromatic heterocycles. The normalized spacial score (nSPS) is 28.9. The molecule has 5 nitrogen and oxygen atoms in total. The SMILES string of the molecule is CC1CCC(NC(=O)c2[nH]ncc2N)CC1C. The van der Waals surface area contributed by atoms with E-state index in [1.54, 1.807) is 0 Å². The molecule has 1 fully saturated rings. The molecule has 17 heavy (non-hydrogen) atoms. The van der Waals surface area contributed by atoms with Crippen LogP contribution >= 0.6 is 0 Å². The number of nitrogens with zero attached hydrogens (tertiary/aromatic N) is 1. The zero-order chi connectivity index (χ0) is 12.4. The van der Waals surface area contributed by atoms with Crippen molar-refractivity contribution in [3.8, 4) is 0 Å². The summed E-state index contributed by atoms with van der Waals surface area (Å²) < 4.78 is 0. The van der Waals surface area contributed by atoms with E-state index in [0.29, 0.717) is 17.3 Å². The highest BCUT2D eigenvalue weighted by molar-refractivity contribution is 5.97. The molecule has 0 saturated heterocycles. The molecule has 0 bridgehead atoms. The summed E-state index contributed by atoms with van der Waals surface area (Å²) in [6.45, 7) is 4.52. The third kappa shape index (κ3) is 2.60. The minimum atomic E-state index is -0.147. The Morgan fingerprint density at radius 3 is 2.82 bits per heavy atom. The molecule has 94 valence electrons. The Balaban J connectivity index is 1.94. The van der Waals surface area contributed by atoms with Crippen molar-refractivity contribution >= 4 is 11.6 Å². The predicted molar refractivity (Wildman–Crippen MR) is 66.4 cm³/mol. The standard InChI is InChI=1S/C12H20N4O/c1-7-3-4-9(5-8(7)2)15-12(17)11-10(13)6-14-16-11/h6-9H,3-5,13H2,1-2H3,(H,14,16)(H,15,17). The van der Waals surface area contributed by atoms with Crippen LogP contribution in [0.5, 0.6) is 0 Å². The van der Waals surface area contributed by atoms with E-state index in [1.165, 1.54) is 12.6 Å². The lowest BCUT2D eigenvalue weighted by Gasteiger charge is -2.32. The Kier molecular flexibility index (Phi) is 3.36. The van der Waals surface area contributed by atoms with Crippen LogP contribution < -0.4 is 11.1 Å². The van der Waals surface area contributed by atoms with Gasteiger partial charge in [-0.25, -0.2) is 0 Å². The first-order valence-corrected chi connectivity index (χ1v) is 6.17. The van der Waals surface area contributed by atoms with Crippen LogP contribution in [0.3, 0.4) is 0 Å². The van der Waals surface area contributed by atoms with Crippen LogP contribution in [0.4, 0.5) is 5.69 Å². The fraction of sp³-hybridized carbons (Fsp3) is 0.667. The number of nitrogens with one attached hydrogen (secondary N) is 2. The average Bonchev–Trinajstić information content (AvgIpc) is 2.70. The first kappa shape index (κ1) is 12.0. The molecule has 4 N–H and O–H groups in total. The zero-order valence-corrected chi connectivity index (χ0v) is 10.4. The van der Waals surface area contributed by atoms with E-state index < -0.39 is 0 Å². The number of aromatic nitrogens is 2. The number of hydrogen-bond acceptors (Lipinski definition) is 3. The quantitative estimate of drug-likeness (QED) is 0.728. The number of amides is 1. The van der Waals surface area contributed by atoms with E-state index in [2.05, 4.69) is 29.4 Å². The summed E-state index contributed by atoms with van der Waals surface area (Å²) >= 11 is 0. The van der Waals surface area contributed by atoms with Gasteiger partial charge in [-0.3, -0.25) is 9.89 Å². The first-order valence-electron chi connectivity index (χ1n) is 6.17. The summed E-state index contributed by atoms with van der Waals surface area (Å²) in [5.41, 5.74) is 6.42. The maximum absolute atomic E-state index is 11.9. The van der Waals surface area contributed by atoms with E-state index in [0.717, 1.165) is 18.8 Å². The summed E-state index contributed by atoms with van der Waals surface area (Å²) in [6.07, 6.45) is 4.72. The van der Waals surface area contributed by atoms with Crippen molar-refractivity contribution in [1.82, 2.24) is 15.5 Å². The molecule has 2 rings (SSSR count). The van der Waals surface area contributed by atoms with Gasteiger partial charge in [0.25, 0.3) is 5.91 Å². The van der Waals surface area contributed by atoms with Crippen LogP contribution in [0.1, 0.15) is 43.6 Å². The topological polar surface area (TPSA) is 83.8 Å². The Morgan fingerprint density at radius 1 is 1.47 bits per heavy atom. The van der Waals surface area contributed by atoms with Gasteiger partial charge in [0, 0.05) is 6.04 Å². The van der Waals surface area contributed by atoms with Gasteiger partial charge in [-0.15, -0.1) is 0 Å². The van der Waals surface area contributed by atoms with Crippen LogP contribution in [0.2, 0.25) is 0 Å². The first-order chi connectivity index (χ1) is 8.08. The second-order valence-electron chi connectivity index (χ2n) is 5.14. The molecule has 3 atom stereocenters. The van der Waals surface area contributed by atoms with Crippen molar-refractivity contribution in [3.05, 3.63) is 11.9 Å². The lowest BCUT2D eigenvalue weighted by molar-refractivity contribution is 0.0906. The highest BCUT2D eigenvalue weighted by Gasteiger charge is 2.26. The largest absolute Gasteiger partial charge is 0.396 e. The molecule has 0 spiro atoms. The zero-order valence-electron chi connectivity index (χ0n) is 10.4. The minimum Gasteiger partial charge on any atom is -0.396 e. The van der Waals surface area contributed by atoms with Gasteiger partial charge >= 0.3 is 0 Å². The molecule has 1 saturated carbocycles. The number of carbonyl (C=O) groups excluding carboxylic acids is 1. The number of rotatable bonds is 2. The third-order valence-electron chi connectivity index (χ3n) is 3.83. The number of aromatic amines is 1. The van der Waals surface area contributed by atoms with E-state index in [1.807, 2.05) is 0 Å². The second-order valence-corrected chi connectivity index (χ2v) is 5.14. The number of H-pyrrole nitrogens is 1. The highest BCUT2D eigenvalue weighted by Crippen LogP contribution is 2.29. The number of nitrogen functional groups attached to an aromatic ring is 1. The van der Waals surface area contributed by atoms with Gasteiger partial charge in [0.15, 0.2) is 0 Å². The Labute approximate surface area is 101 Å². The van der Waals surface area contributed by atoms with Gasteiger partial charge < -0.3 is 11.1 Å². The summed E-state index contributed by atoms with van der Waals surface area (Å²) in [5, 5.41) is 9.40. The van der Waals surface area contributed by atoms with E-state index in [-0.39, 0.29) is 11.9 Å². The molecule has 1 aliphatic rings. The van der Waals surface area contributed by atoms with Crippen molar-refractivity contribution in [2.75, 3.05) is 5.73 Å². The molecule has 0 aromatic carbocycles. The van der Waals surface area contributed by atoms with Crippen molar-refractivity contribution in [3.63, 3.8) is 0 Å². The number of anilines is 1. The van der Waals surface area contributed by atoms with Gasteiger partial charge in [-0.2, -0.15) is 5.10 Å². The molecular weight excluding hydrogens is 216 g/mol. The lowest BCUT2D eigenvalue weighted by atomic mass is 9.79. The Bertz CT molecular complexity index is 401. The van der Waals surface area contributed by atoms with Gasteiger partial charge in [-0.05, 0) is 31.1 Å². The summed E-state index contributed by atoms with van der Waals surface area (Å²) in [7, 11) is 0. The highest BCUT2D eigenvalue weighted by atomic mass is 16.2. The maximum Gasteiger partial charge on any atom is 0.271 e. The molecule has 3 unspecified atom stereocenters. The fourth-order valence-corrected chi connectivity index (χ4v) is 2.41. The molecule has 1 heterocycles. The smallest absolute Gasteiger partial charge is 0.271 e. The predicted octanol–water partition coefficient (Wildman–Crippen LogP) is 1.55. The van der Waals surface area contributed by atoms with Gasteiger partial charge in [0.05, 0.1) is 11.9 Å². The van der Waals surface area contributed by atoms with Gasteiger partial charge in [0.2, 0.25) is 0 Å². The number of carbonyl (C=O) groups is 1. The summed E-state index contributed by atoms with van der Waals surface area (Å²) in [6, 6.07) is 0.261. The molecular formula is C12H20N4O. The van der Waals surface area contributed by atoms with Crippen molar-refractivity contribution in [1.29, 1.82) is 0 Å². The van der Waals surface area contributed by atoms with Crippen molar-refractivity contribution < 1.29 is 4.79 Å². The number of hydrogen-bond donors (Lipinski definition) is 3. The Morgan fingerprint density at radius 2 is 2.24 bits per heavy atom. The summed E-state index contributed by atoms with van der Waals surface area (Å²) in [4.78, 5) is 11.9. The molecule has 1 aromatic rings. The Hall–Kier alpha value is -1.52. The van der Waals surface area contributed by atoms with E-state index >= 15 is 0 Å². The van der Waals surface area contributed by atoms with Crippen LogP contribution in [0, 0.1) is 11.8 Å². The minimum absolute atomic E-state index is 0.147. The van der Waals surface area contributed by atoms with E-state index in [4.69, 9.17) is 5.73 Å². The van der Waals surface area contributed by atoms with Crippen molar-refractivity contribution in [2.24, 2.45) is 11.8 Å². The van der Waals surface area contributed by atoms with Crippen LogP contribution in [0.15, 0.2) is 6.20 Å². The maximum atomic E-state index is 11.9. The van der Waals surface area contributed by atoms with E-state index in [9.17, 15) is 4.79 Å².